The second kappa shape index (κ2) is 10.6. The standard InChI is InChI=1S/C25H17Br2NO5S/c1-32-21-12-16(8-11-20(21)33-24(30)18-4-2-3-5-19(18)27)13-22-23(29)28(25(31)34-22)14-15-6-9-17(26)10-7-15/h2-13H,14H2,1H3/b22-13-. The van der Waals surface area contributed by atoms with Crippen molar-refractivity contribution in [1.82, 2.24) is 4.90 Å². The van der Waals surface area contributed by atoms with Crippen LogP contribution in [-0.4, -0.2) is 29.1 Å². The molecule has 1 aliphatic rings. The summed E-state index contributed by atoms with van der Waals surface area (Å²) in [5, 5.41) is -0.329. The molecule has 6 nitrogen and oxygen atoms in total. The number of hydrogen-bond acceptors (Lipinski definition) is 6. The predicted molar refractivity (Wildman–Crippen MR) is 138 cm³/mol. The highest BCUT2D eigenvalue weighted by molar-refractivity contribution is 9.10. The first-order valence-corrected chi connectivity index (χ1v) is 12.4. The van der Waals surface area contributed by atoms with Crippen molar-refractivity contribution < 1.29 is 23.9 Å². The normalized spacial score (nSPS) is 14.6. The van der Waals surface area contributed by atoms with E-state index >= 15 is 0 Å². The number of carbonyl (C=O) groups is 3. The first-order chi connectivity index (χ1) is 16.4. The Morgan fingerprint density at radius 3 is 2.44 bits per heavy atom. The fourth-order valence-electron chi connectivity index (χ4n) is 3.20. The quantitative estimate of drug-likeness (QED) is 0.178. The first-order valence-electron chi connectivity index (χ1n) is 10.0. The van der Waals surface area contributed by atoms with Crippen LogP contribution in [0.25, 0.3) is 6.08 Å². The van der Waals surface area contributed by atoms with Crippen LogP contribution in [-0.2, 0) is 11.3 Å². The molecule has 9 heteroatoms. The minimum atomic E-state index is -0.535. The highest BCUT2D eigenvalue weighted by Crippen LogP contribution is 2.35. The van der Waals surface area contributed by atoms with Gasteiger partial charge in [0.25, 0.3) is 11.1 Å². The number of halogens is 2. The summed E-state index contributed by atoms with van der Waals surface area (Å²) in [6.45, 7) is 0.197. The van der Waals surface area contributed by atoms with E-state index in [4.69, 9.17) is 9.47 Å². The summed E-state index contributed by atoms with van der Waals surface area (Å²) in [5.74, 6) is -0.333. The molecule has 0 aliphatic carbocycles. The topological polar surface area (TPSA) is 72.9 Å². The average molecular weight is 603 g/mol. The van der Waals surface area contributed by atoms with Crippen molar-refractivity contribution >= 4 is 66.8 Å². The van der Waals surface area contributed by atoms with Gasteiger partial charge in [-0.2, -0.15) is 0 Å². The molecular weight excluding hydrogens is 586 g/mol. The van der Waals surface area contributed by atoms with E-state index in [1.54, 1.807) is 48.5 Å². The zero-order valence-electron chi connectivity index (χ0n) is 17.8. The SMILES string of the molecule is COc1cc(/C=C2\SC(=O)N(Cc3ccc(Br)cc3)C2=O)ccc1OC(=O)c1ccccc1Br. The van der Waals surface area contributed by atoms with Crippen molar-refractivity contribution in [2.75, 3.05) is 7.11 Å². The minimum Gasteiger partial charge on any atom is -0.493 e. The van der Waals surface area contributed by atoms with E-state index < -0.39 is 5.97 Å². The fraction of sp³-hybridized carbons (Fsp3) is 0.0800. The fourth-order valence-corrected chi connectivity index (χ4v) is 4.75. The van der Waals surface area contributed by atoms with Crippen LogP contribution >= 0.6 is 43.6 Å². The molecule has 0 aromatic heterocycles. The van der Waals surface area contributed by atoms with Crippen LogP contribution in [0, 0.1) is 0 Å². The average Bonchev–Trinajstić information content (AvgIpc) is 3.08. The highest BCUT2D eigenvalue weighted by atomic mass is 79.9. The van der Waals surface area contributed by atoms with Crippen LogP contribution in [0.1, 0.15) is 21.5 Å². The number of hydrogen-bond donors (Lipinski definition) is 0. The molecule has 0 bridgehead atoms. The molecule has 0 atom stereocenters. The minimum absolute atomic E-state index is 0.197. The molecule has 0 radical (unpaired) electrons. The largest absolute Gasteiger partial charge is 0.493 e. The van der Waals surface area contributed by atoms with Gasteiger partial charge in [0.05, 0.1) is 24.1 Å². The number of nitrogens with zero attached hydrogens (tertiary/aromatic N) is 1. The monoisotopic (exact) mass is 601 g/mol. The number of thioether (sulfide) groups is 1. The summed E-state index contributed by atoms with van der Waals surface area (Å²) in [5.41, 5.74) is 1.87. The summed E-state index contributed by atoms with van der Waals surface area (Å²) in [4.78, 5) is 39.4. The maximum absolute atomic E-state index is 12.8. The van der Waals surface area contributed by atoms with Gasteiger partial charge in [0.2, 0.25) is 0 Å². The number of benzene rings is 3. The van der Waals surface area contributed by atoms with Crippen LogP contribution in [0.15, 0.2) is 80.6 Å². The Balaban J connectivity index is 1.52. The number of methoxy groups -OCH3 is 1. The Kier molecular flexibility index (Phi) is 7.55. The molecule has 1 aliphatic heterocycles. The van der Waals surface area contributed by atoms with E-state index in [2.05, 4.69) is 31.9 Å². The zero-order valence-corrected chi connectivity index (χ0v) is 21.8. The van der Waals surface area contributed by atoms with E-state index in [-0.39, 0.29) is 23.4 Å². The van der Waals surface area contributed by atoms with Gasteiger partial charge >= 0.3 is 5.97 Å². The second-order valence-corrected chi connectivity index (χ2v) is 9.94. The summed E-state index contributed by atoms with van der Waals surface area (Å²) < 4.78 is 12.4. The van der Waals surface area contributed by atoms with Gasteiger partial charge in [-0.15, -0.1) is 0 Å². The van der Waals surface area contributed by atoms with E-state index in [0.29, 0.717) is 26.3 Å². The van der Waals surface area contributed by atoms with Crippen LogP contribution in [0.4, 0.5) is 4.79 Å². The van der Waals surface area contributed by atoms with Crippen molar-refractivity contribution in [3.8, 4) is 11.5 Å². The number of amides is 2. The molecule has 0 N–H and O–H groups in total. The van der Waals surface area contributed by atoms with Gasteiger partial charge in [0, 0.05) is 8.95 Å². The number of esters is 1. The third-order valence-corrected chi connectivity index (χ3v) is 7.04. The Morgan fingerprint density at radius 2 is 1.74 bits per heavy atom. The molecular formula is C25H17Br2NO5S. The van der Waals surface area contributed by atoms with Crippen LogP contribution in [0.5, 0.6) is 11.5 Å². The predicted octanol–water partition coefficient (Wildman–Crippen LogP) is 6.68. The number of rotatable bonds is 6. The molecule has 1 heterocycles. The summed E-state index contributed by atoms with van der Waals surface area (Å²) in [6, 6.07) is 19.3. The van der Waals surface area contributed by atoms with Crippen molar-refractivity contribution in [1.29, 1.82) is 0 Å². The van der Waals surface area contributed by atoms with E-state index in [9.17, 15) is 14.4 Å². The molecule has 0 saturated carbocycles. The van der Waals surface area contributed by atoms with Gasteiger partial charge < -0.3 is 9.47 Å². The lowest BCUT2D eigenvalue weighted by Crippen LogP contribution is -2.27. The Morgan fingerprint density at radius 1 is 1.00 bits per heavy atom. The molecule has 34 heavy (non-hydrogen) atoms. The van der Waals surface area contributed by atoms with Crippen molar-refractivity contribution in [2.45, 2.75) is 6.54 Å². The van der Waals surface area contributed by atoms with E-state index in [1.165, 1.54) is 12.0 Å². The molecule has 2 amide bonds. The van der Waals surface area contributed by atoms with Gasteiger partial charge in [0.15, 0.2) is 11.5 Å². The van der Waals surface area contributed by atoms with Gasteiger partial charge in [-0.05, 0) is 81.3 Å². The molecule has 4 rings (SSSR count). The lowest BCUT2D eigenvalue weighted by atomic mass is 10.1. The van der Waals surface area contributed by atoms with Crippen molar-refractivity contribution in [2.24, 2.45) is 0 Å². The Hall–Kier alpha value is -2.88. The van der Waals surface area contributed by atoms with Crippen molar-refractivity contribution in [3.05, 3.63) is 97.3 Å². The molecule has 1 fully saturated rings. The van der Waals surface area contributed by atoms with Gasteiger partial charge in [-0.3, -0.25) is 14.5 Å². The van der Waals surface area contributed by atoms with Crippen LogP contribution < -0.4 is 9.47 Å². The highest BCUT2D eigenvalue weighted by Gasteiger charge is 2.35. The second-order valence-electron chi connectivity index (χ2n) is 7.17. The lowest BCUT2D eigenvalue weighted by molar-refractivity contribution is -0.123. The number of imide groups is 1. The summed E-state index contributed by atoms with van der Waals surface area (Å²) in [7, 11) is 1.46. The molecule has 1 saturated heterocycles. The van der Waals surface area contributed by atoms with Gasteiger partial charge in [-0.1, -0.05) is 46.3 Å². The lowest BCUT2D eigenvalue weighted by Gasteiger charge is -2.12. The number of ether oxygens (including phenoxy) is 2. The molecule has 3 aromatic carbocycles. The first kappa shape index (κ1) is 24.3. The Labute approximate surface area is 217 Å². The van der Waals surface area contributed by atoms with Crippen LogP contribution in [0.3, 0.4) is 0 Å². The smallest absolute Gasteiger partial charge is 0.344 e. The Bertz CT molecular complexity index is 1310. The van der Waals surface area contributed by atoms with Gasteiger partial charge in [-0.25, -0.2) is 4.79 Å². The molecule has 3 aromatic rings. The number of carbonyl (C=O) groups excluding carboxylic acids is 3. The summed E-state index contributed by atoms with van der Waals surface area (Å²) in [6.07, 6.45) is 1.62. The third kappa shape index (κ3) is 5.43. The zero-order chi connectivity index (χ0) is 24.2. The van der Waals surface area contributed by atoms with Crippen LogP contribution in [0.2, 0.25) is 0 Å². The summed E-state index contributed by atoms with van der Waals surface area (Å²) >= 11 is 7.59. The maximum atomic E-state index is 12.8. The van der Waals surface area contributed by atoms with Crippen molar-refractivity contribution in [3.63, 3.8) is 0 Å². The maximum Gasteiger partial charge on any atom is 0.344 e. The molecule has 0 spiro atoms. The molecule has 0 unspecified atom stereocenters. The van der Waals surface area contributed by atoms with E-state index in [0.717, 1.165) is 21.8 Å². The van der Waals surface area contributed by atoms with E-state index in [1.807, 2.05) is 24.3 Å². The molecule has 172 valence electrons. The van der Waals surface area contributed by atoms with Gasteiger partial charge in [0.1, 0.15) is 0 Å². The third-order valence-electron chi connectivity index (χ3n) is 4.91.